The molecule has 86 valence electrons. The van der Waals surface area contributed by atoms with Gasteiger partial charge in [-0.1, -0.05) is 29.8 Å². The van der Waals surface area contributed by atoms with Crippen LogP contribution in [0.5, 0.6) is 0 Å². The van der Waals surface area contributed by atoms with Crippen LogP contribution in [0.15, 0.2) is 24.3 Å². The van der Waals surface area contributed by atoms with Crippen molar-refractivity contribution in [1.29, 1.82) is 0 Å². The van der Waals surface area contributed by atoms with Crippen LogP contribution < -0.4 is 0 Å². The van der Waals surface area contributed by atoms with Crippen LogP contribution in [0.25, 0.3) is 0 Å². The average molecular weight is 236 g/mol. The van der Waals surface area contributed by atoms with E-state index in [0.717, 1.165) is 12.3 Å². The monoisotopic (exact) mass is 236 g/mol. The van der Waals surface area contributed by atoms with E-state index in [9.17, 15) is 4.79 Å². The summed E-state index contributed by atoms with van der Waals surface area (Å²) in [6.07, 6.45) is 0. The van der Waals surface area contributed by atoms with E-state index in [2.05, 4.69) is 31.2 Å². The molecule has 1 saturated heterocycles. The fraction of sp³-hybridized carbons (Fsp3) is 0.417. The first-order valence-corrected chi connectivity index (χ1v) is 6.32. The standard InChI is InChI=1S/C12H16N2OS/c1-10-3-5-11(6-4-10)9-14-7-8-16-13(2)12(14)15/h3-6H,7-9H2,1-2H3. The number of rotatable bonds is 2. The van der Waals surface area contributed by atoms with E-state index in [0.29, 0.717) is 6.54 Å². The van der Waals surface area contributed by atoms with Gasteiger partial charge >= 0.3 is 6.03 Å². The van der Waals surface area contributed by atoms with Crippen molar-refractivity contribution in [1.82, 2.24) is 9.21 Å². The lowest BCUT2D eigenvalue weighted by Crippen LogP contribution is -2.43. The molecule has 2 amide bonds. The Morgan fingerprint density at radius 1 is 1.31 bits per heavy atom. The smallest absolute Gasteiger partial charge is 0.319 e. The summed E-state index contributed by atoms with van der Waals surface area (Å²) in [7, 11) is 1.83. The van der Waals surface area contributed by atoms with Gasteiger partial charge in [-0.05, 0) is 24.4 Å². The lowest BCUT2D eigenvalue weighted by Gasteiger charge is -2.32. The molecule has 0 unspecified atom stereocenters. The first-order valence-electron chi connectivity index (χ1n) is 5.38. The maximum Gasteiger partial charge on any atom is 0.330 e. The van der Waals surface area contributed by atoms with E-state index >= 15 is 0 Å². The molecule has 16 heavy (non-hydrogen) atoms. The quantitative estimate of drug-likeness (QED) is 0.737. The van der Waals surface area contributed by atoms with E-state index in [4.69, 9.17) is 0 Å². The Bertz CT molecular complexity index is 377. The molecule has 3 nitrogen and oxygen atoms in total. The number of nitrogens with zero attached hydrogens (tertiary/aromatic N) is 2. The topological polar surface area (TPSA) is 23.6 Å². The van der Waals surface area contributed by atoms with Crippen molar-refractivity contribution in [3.8, 4) is 0 Å². The Hall–Kier alpha value is -1.16. The van der Waals surface area contributed by atoms with Crippen molar-refractivity contribution in [3.63, 3.8) is 0 Å². The Kier molecular flexibility index (Phi) is 3.39. The van der Waals surface area contributed by atoms with E-state index in [1.807, 2.05) is 11.9 Å². The summed E-state index contributed by atoms with van der Waals surface area (Å²) < 4.78 is 1.71. The third-order valence-electron chi connectivity index (χ3n) is 2.68. The first-order chi connectivity index (χ1) is 7.66. The number of carbonyl (C=O) groups is 1. The maximum atomic E-state index is 11.8. The van der Waals surface area contributed by atoms with Crippen LogP contribution in [0, 0.1) is 6.92 Å². The van der Waals surface area contributed by atoms with Crippen LogP contribution in [0.2, 0.25) is 0 Å². The normalized spacial score (nSPS) is 16.8. The van der Waals surface area contributed by atoms with E-state index in [-0.39, 0.29) is 6.03 Å². The van der Waals surface area contributed by atoms with Gasteiger partial charge in [-0.2, -0.15) is 0 Å². The van der Waals surface area contributed by atoms with Crippen LogP contribution in [0.4, 0.5) is 4.79 Å². The van der Waals surface area contributed by atoms with Crippen molar-refractivity contribution in [2.45, 2.75) is 13.5 Å². The minimum Gasteiger partial charge on any atom is -0.319 e. The van der Waals surface area contributed by atoms with Crippen LogP contribution in [-0.4, -0.2) is 34.6 Å². The average Bonchev–Trinajstić information content (AvgIpc) is 2.28. The van der Waals surface area contributed by atoms with Crippen molar-refractivity contribution in [3.05, 3.63) is 35.4 Å². The van der Waals surface area contributed by atoms with Gasteiger partial charge in [0.15, 0.2) is 0 Å². The zero-order valence-electron chi connectivity index (χ0n) is 9.64. The van der Waals surface area contributed by atoms with Gasteiger partial charge in [0.05, 0.1) is 0 Å². The molecular formula is C12H16N2OS. The SMILES string of the molecule is Cc1ccc(CN2CCSN(C)C2=O)cc1. The Labute approximate surface area is 101 Å². The largest absolute Gasteiger partial charge is 0.330 e. The number of carbonyl (C=O) groups excluding carboxylic acids is 1. The molecule has 1 aromatic carbocycles. The summed E-state index contributed by atoms with van der Waals surface area (Å²) in [5.41, 5.74) is 2.45. The lowest BCUT2D eigenvalue weighted by molar-refractivity contribution is 0.182. The van der Waals surface area contributed by atoms with Crippen LogP contribution >= 0.6 is 11.9 Å². The van der Waals surface area contributed by atoms with Crippen molar-refractivity contribution < 1.29 is 4.79 Å². The first kappa shape index (κ1) is 11.3. The highest BCUT2D eigenvalue weighted by atomic mass is 32.2. The number of urea groups is 1. The summed E-state index contributed by atoms with van der Waals surface area (Å²) in [4.78, 5) is 13.7. The molecule has 0 radical (unpaired) electrons. The van der Waals surface area contributed by atoms with Crippen LogP contribution in [-0.2, 0) is 6.54 Å². The summed E-state index contributed by atoms with van der Waals surface area (Å²) in [5, 5.41) is 0. The number of aryl methyl sites for hydroxylation is 1. The van der Waals surface area contributed by atoms with Crippen molar-refractivity contribution in [2.75, 3.05) is 19.3 Å². The fourth-order valence-electron chi connectivity index (χ4n) is 1.70. The molecule has 1 aromatic rings. The zero-order chi connectivity index (χ0) is 11.5. The van der Waals surface area contributed by atoms with E-state index < -0.39 is 0 Å². The second kappa shape index (κ2) is 4.78. The van der Waals surface area contributed by atoms with Gasteiger partial charge in [0.2, 0.25) is 0 Å². The number of hydrogen-bond acceptors (Lipinski definition) is 2. The van der Waals surface area contributed by atoms with Gasteiger partial charge in [0, 0.05) is 25.9 Å². The minimum absolute atomic E-state index is 0.108. The predicted molar refractivity (Wildman–Crippen MR) is 67.2 cm³/mol. The predicted octanol–water partition coefficient (Wildman–Crippen LogP) is 2.51. The molecule has 0 saturated carbocycles. The number of hydrogen-bond donors (Lipinski definition) is 0. The molecule has 0 spiro atoms. The number of amides is 2. The maximum absolute atomic E-state index is 11.8. The molecule has 0 N–H and O–H groups in total. The number of benzene rings is 1. The third-order valence-corrected chi connectivity index (χ3v) is 3.59. The van der Waals surface area contributed by atoms with Crippen molar-refractivity contribution >= 4 is 18.0 Å². The van der Waals surface area contributed by atoms with E-state index in [1.54, 1.807) is 16.3 Å². The lowest BCUT2D eigenvalue weighted by atomic mass is 10.1. The summed E-state index contributed by atoms with van der Waals surface area (Å²) in [5.74, 6) is 0.980. The summed E-state index contributed by atoms with van der Waals surface area (Å²) in [6, 6.07) is 8.45. The molecular weight excluding hydrogens is 220 g/mol. The van der Waals surface area contributed by atoms with Crippen LogP contribution in [0.1, 0.15) is 11.1 Å². The fourth-order valence-corrected chi connectivity index (χ4v) is 2.50. The van der Waals surface area contributed by atoms with Gasteiger partial charge in [-0.25, -0.2) is 4.79 Å². The molecule has 2 rings (SSSR count). The molecule has 0 atom stereocenters. The minimum atomic E-state index is 0.108. The third kappa shape index (κ3) is 2.50. The zero-order valence-corrected chi connectivity index (χ0v) is 10.5. The van der Waals surface area contributed by atoms with Gasteiger partial charge in [0.1, 0.15) is 0 Å². The Morgan fingerprint density at radius 2 is 2.00 bits per heavy atom. The molecule has 1 heterocycles. The second-order valence-electron chi connectivity index (χ2n) is 4.02. The molecule has 0 aromatic heterocycles. The highest BCUT2D eigenvalue weighted by Gasteiger charge is 2.23. The molecule has 0 bridgehead atoms. The van der Waals surface area contributed by atoms with Gasteiger partial charge in [-0.3, -0.25) is 4.31 Å². The molecule has 4 heteroatoms. The van der Waals surface area contributed by atoms with Gasteiger partial charge in [0.25, 0.3) is 0 Å². The molecule has 1 aliphatic heterocycles. The molecule has 0 aliphatic carbocycles. The van der Waals surface area contributed by atoms with Gasteiger partial charge in [-0.15, -0.1) is 0 Å². The second-order valence-corrected chi connectivity index (χ2v) is 5.23. The molecule has 1 fully saturated rings. The van der Waals surface area contributed by atoms with E-state index in [1.165, 1.54) is 11.1 Å². The Balaban J connectivity index is 2.03. The van der Waals surface area contributed by atoms with Crippen molar-refractivity contribution in [2.24, 2.45) is 0 Å². The van der Waals surface area contributed by atoms with Crippen LogP contribution in [0.3, 0.4) is 0 Å². The highest BCUT2D eigenvalue weighted by molar-refractivity contribution is 7.97. The van der Waals surface area contributed by atoms with Gasteiger partial charge < -0.3 is 4.90 Å². The Morgan fingerprint density at radius 3 is 2.69 bits per heavy atom. The molecule has 1 aliphatic rings. The summed E-state index contributed by atoms with van der Waals surface area (Å²) >= 11 is 1.59. The highest BCUT2D eigenvalue weighted by Crippen LogP contribution is 2.18. The summed E-state index contributed by atoms with van der Waals surface area (Å²) in [6.45, 7) is 3.62.